The lowest BCUT2D eigenvalue weighted by atomic mass is 10.0. The van der Waals surface area contributed by atoms with Crippen LogP contribution in [0.25, 0.3) is 0 Å². The molecule has 0 radical (unpaired) electrons. The number of carbonyl (C=O) groups is 2. The molecule has 0 aromatic heterocycles. The van der Waals surface area contributed by atoms with Crippen LogP contribution in [0.2, 0.25) is 0 Å². The van der Waals surface area contributed by atoms with Gasteiger partial charge in [0.15, 0.2) is 0 Å². The van der Waals surface area contributed by atoms with Gasteiger partial charge in [0.1, 0.15) is 0 Å². The molecule has 0 aromatic carbocycles. The van der Waals surface area contributed by atoms with Gasteiger partial charge in [-0.2, -0.15) is 0 Å². The third-order valence-electron chi connectivity index (χ3n) is 2.98. The summed E-state index contributed by atoms with van der Waals surface area (Å²) < 4.78 is 0. The van der Waals surface area contributed by atoms with Crippen LogP contribution in [0.3, 0.4) is 0 Å². The Labute approximate surface area is 95.7 Å². The van der Waals surface area contributed by atoms with E-state index in [1.54, 1.807) is 12.2 Å². The predicted molar refractivity (Wildman–Crippen MR) is 60.9 cm³/mol. The largest absolute Gasteiger partial charge is 0.481 e. The number of carboxylic acid groups (broad SMARTS) is 1. The molecule has 1 rings (SSSR count). The number of hydrogen-bond acceptors (Lipinski definition) is 2. The first-order chi connectivity index (χ1) is 7.52. The second-order valence-corrected chi connectivity index (χ2v) is 4.46. The highest BCUT2D eigenvalue weighted by atomic mass is 16.4. The summed E-state index contributed by atoms with van der Waals surface area (Å²) in [6, 6.07) is -0.113. The summed E-state index contributed by atoms with van der Waals surface area (Å²) in [6.45, 7) is 4.08. The minimum atomic E-state index is -0.824. The summed E-state index contributed by atoms with van der Waals surface area (Å²) in [5.41, 5.74) is 0. The van der Waals surface area contributed by atoms with Gasteiger partial charge in [0.2, 0.25) is 5.91 Å². The van der Waals surface area contributed by atoms with Crippen molar-refractivity contribution in [2.45, 2.75) is 39.2 Å². The monoisotopic (exact) mass is 225 g/mol. The Morgan fingerprint density at radius 1 is 1.50 bits per heavy atom. The molecule has 0 aromatic rings. The molecule has 4 heteroatoms. The molecule has 4 nitrogen and oxygen atoms in total. The maximum absolute atomic E-state index is 11.6. The average Bonchev–Trinajstić information content (AvgIpc) is 2.65. The molecule has 0 saturated heterocycles. The highest BCUT2D eigenvalue weighted by Crippen LogP contribution is 2.18. The van der Waals surface area contributed by atoms with E-state index in [4.69, 9.17) is 5.11 Å². The Kier molecular flexibility index (Phi) is 4.52. The van der Waals surface area contributed by atoms with E-state index in [2.05, 4.69) is 5.32 Å². The molecule has 1 aliphatic carbocycles. The lowest BCUT2D eigenvalue weighted by Gasteiger charge is -2.14. The Balaban J connectivity index is 2.32. The van der Waals surface area contributed by atoms with Crippen LogP contribution in [-0.2, 0) is 9.59 Å². The van der Waals surface area contributed by atoms with Gasteiger partial charge in [0, 0.05) is 12.5 Å². The minimum Gasteiger partial charge on any atom is -0.481 e. The van der Waals surface area contributed by atoms with E-state index >= 15 is 0 Å². The summed E-state index contributed by atoms with van der Waals surface area (Å²) in [7, 11) is 0. The maximum Gasteiger partial charge on any atom is 0.310 e. The summed E-state index contributed by atoms with van der Waals surface area (Å²) in [6.07, 6.45) is 5.38. The van der Waals surface area contributed by atoms with Crippen LogP contribution in [0.4, 0.5) is 0 Å². The van der Waals surface area contributed by atoms with Gasteiger partial charge in [-0.15, -0.1) is 0 Å². The fraction of sp³-hybridized carbons (Fsp3) is 0.667. The normalized spacial score (nSPS) is 25.4. The maximum atomic E-state index is 11.6. The van der Waals surface area contributed by atoms with E-state index in [0.717, 1.165) is 6.42 Å². The molecule has 0 heterocycles. The summed E-state index contributed by atoms with van der Waals surface area (Å²) in [5.74, 6) is -0.889. The van der Waals surface area contributed by atoms with Crippen molar-refractivity contribution in [2.75, 3.05) is 0 Å². The van der Waals surface area contributed by atoms with Crippen LogP contribution >= 0.6 is 0 Å². The fourth-order valence-electron chi connectivity index (χ4n) is 1.72. The Bertz CT molecular complexity index is 299. The number of rotatable bonds is 5. The quantitative estimate of drug-likeness (QED) is 0.698. The van der Waals surface area contributed by atoms with Crippen molar-refractivity contribution in [3.63, 3.8) is 0 Å². The first-order valence-corrected chi connectivity index (χ1v) is 5.73. The first-order valence-electron chi connectivity index (χ1n) is 5.73. The molecule has 0 bridgehead atoms. The topological polar surface area (TPSA) is 66.4 Å². The van der Waals surface area contributed by atoms with Crippen LogP contribution in [0, 0.1) is 11.8 Å². The average molecular weight is 225 g/mol. The first kappa shape index (κ1) is 12.7. The van der Waals surface area contributed by atoms with Gasteiger partial charge in [-0.3, -0.25) is 9.59 Å². The molecule has 1 amide bonds. The molecule has 3 atom stereocenters. The van der Waals surface area contributed by atoms with Crippen molar-refractivity contribution in [1.29, 1.82) is 0 Å². The molecule has 0 aliphatic heterocycles. The fourth-order valence-corrected chi connectivity index (χ4v) is 1.72. The highest BCUT2D eigenvalue weighted by molar-refractivity contribution is 5.77. The predicted octanol–water partition coefficient (Wildman–Crippen LogP) is 1.57. The second kappa shape index (κ2) is 5.68. The molecule has 3 unspecified atom stereocenters. The minimum absolute atomic E-state index is 0.00930. The van der Waals surface area contributed by atoms with Crippen LogP contribution in [-0.4, -0.2) is 23.0 Å². The third kappa shape index (κ3) is 3.68. The van der Waals surface area contributed by atoms with E-state index in [1.165, 1.54) is 0 Å². The Morgan fingerprint density at radius 3 is 2.69 bits per heavy atom. The van der Waals surface area contributed by atoms with Crippen molar-refractivity contribution in [1.82, 2.24) is 5.32 Å². The molecule has 90 valence electrons. The number of hydrogen-bond donors (Lipinski definition) is 2. The molecule has 16 heavy (non-hydrogen) atoms. The Hall–Kier alpha value is -1.32. The van der Waals surface area contributed by atoms with Crippen molar-refractivity contribution < 1.29 is 14.7 Å². The smallest absolute Gasteiger partial charge is 0.310 e. The van der Waals surface area contributed by atoms with E-state index in [-0.39, 0.29) is 11.9 Å². The summed E-state index contributed by atoms with van der Waals surface area (Å²) in [5, 5.41) is 11.6. The molecular formula is C12H19NO3. The van der Waals surface area contributed by atoms with Crippen molar-refractivity contribution in [3.8, 4) is 0 Å². The van der Waals surface area contributed by atoms with Crippen LogP contribution < -0.4 is 5.32 Å². The number of carbonyl (C=O) groups excluding carboxylic acids is 1. The number of nitrogens with one attached hydrogen (secondary N) is 1. The SMILES string of the molecule is CCC(C)CC(=O)NC1C=CC(C(=O)O)C1. The lowest BCUT2D eigenvalue weighted by Crippen LogP contribution is -2.34. The van der Waals surface area contributed by atoms with Crippen LogP contribution in [0.1, 0.15) is 33.1 Å². The van der Waals surface area contributed by atoms with Crippen molar-refractivity contribution in [3.05, 3.63) is 12.2 Å². The molecule has 0 fully saturated rings. The third-order valence-corrected chi connectivity index (χ3v) is 2.98. The zero-order chi connectivity index (χ0) is 12.1. The number of amides is 1. The molecule has 0 spiro atoms. The zero-order valence-corrected chi connectivity index (χ0v) is 9.77. The van der Waals surface area contributed by atoms with Gasteiger partial charge >= 0.3 is 5.97 Å². The number of aliphatic carboxylic acids is 1. The van der Waals surface area contributed by atoms with Gasteiger partial charge in [-0.25, -0.2) is 0 Å². The van der Waals surface area contributed by atoms with Crippen LogP contribution in [0.5, 0.6) is 0 Å². The van der Waals surface area contributed by atoms with E-state index in [9.17, 15) is 9.59 Å². The molecule has 1 aliphatic rings. The van der Waals surface area contributed by atoms with Gasteiger partial charge in [-0.1, -0.05) is 32.4 Å². The summed E-state index contributed by atoms with van der Waals surface area (Å²) in [4.78, 5) is 22.2. The van der Waals surface area contributed by atoms with Gasteiger partial charge < -0.3 is 10.4 Å². The van der Waals surface area contributed by atoms with Gasteiger partial charge in [-0.05, 0) is 12.3 Å². The molecule has 2 N–H and O–H groups in total. The van der Waals surface area contributed by atoms with Crippen molar-refractivity contribution in [2.24, 2.45) is 11.8 Å². The molecular weight excluding hydrogens is 206 g/mol. The van der Waals surface area contributed by atoms with Gasteiger partial charge in [0.05, 0.1) is 5.92 Å². The Morgan fingerprint density at radius 2 is 2.19 bits per heavy atom. The number of carboxylic acids is 1. The lowest BCUT2D eigenvalue weighted by molar-refractivity contribution is -0.140. The van der Waals surface area contributed by atoms with Gasteiger partial charge in [0.25, 0.3) is 0 Å². The standard InChI is InChI=1S/C12H19NO3/c1-3-8(2)6-11(14)13-10-5-4-9(7-10)12(15)16/h4-5,8-10H,3,6-7H2,1-2H3,(H,13,14)(H,15,16). The van der Waals surface area contributed by atoms with Crippen molar-refractivity contribution >= 4 is 11.9 Å². The second-order valence-electron chi connectivity index (χ2n) is 4.46. The zero-order valence-electron chi connectivity index (χ0n) is 9.77. The van der Waals surface area contributed by atoms with E-state index in [0.29, 0.717) is 18.8 Å². The highest BCUT2D eigenvalue weighted by Gasteiger charge is 2.25. The summed E-state index contributed by atoms with van der Waals surface area (Å²) >= 11 is 0. The van der Waals surface area contributed by atoms with E-state index in [1.807, 2.05) is 13.8 Å². The van der Waals surface area contributed by atoms with Crippen LogP contribution in [0.15, 0.2) is 12.2 Å². The van der Waals surface area contributed by atoms with E-state index < -0.39 is 11.9 Å². The molecule has 0 saturated carbocycles.